The zero-order chi connectivity index (χ0) is 8.55. The molecular weight excluding hydrogens is 160 g/mol. The number of nitrogens with zero attached hydrogens (tertiary/aromatic N) is 4. The molecule has 12 heavy (non-hydrogen) atoms. The summed E-state index contributed by atoms with van der Waals surface area (Å²) in [5, 5.41) is 8.05. The summed E-state index contributed by atoms with van der Waals surface area (Å²) in [7, 11) is 0. The first kappa shape index (κ1) is 6.96. The molecule has 0 radical (unpaired) electrons. The summed E-state index contributed by atoms with van der Waals surface area (Å²) in [6.45, 7) is 0. The lowest BCUT2D eigenvalue weighted by molar-refractivity contribution is -0.123. The number of imide groups is 1. The minimum atomic E-state index is -0.209. The Kier molecular flexibility index (Phi) is 1.39. The number of rotatable bonds is 1. The monoisotopic (exact) mass is 166 g/mol. The van der Waals surface area contributed by atoms with Crippen molar-refractivity contribution in [3.05, 3.63) is 12.7 Å². The van der Waals surface area contributed by atoms with Gasteiger partial charge in [0.2, 0.25) is 11.8 Å². The number of hydrogen-bond acceptors (Lipinski definition) is 4. The predicted molar refractivity (Wildman–Crippen MR) is 37.5 cm³/mol. The highest BCUT2D eigenvalue weighted by Gasteiger charge is 2.30. The molecule has 2 heterocycles. The highest BCUT2D eigenvalue weighted by Crippen LogP contribution is 2.09. The lowest BCUT2D eigenvalue weighted by atomic mass is 10.4. The smallest absolute Gasteiger partial charge is 0.249 e. The fourth-order valence-electron chi connectivity index (χ4n) is 1.12. The molecule has 1 aliphatic rings. The lowest BCUT2D eigenvalue weighted by Gasteiger charge is -2.11. The first-order valence-corrected chi connectivity index (χ1v) is 3.50. The third-order valence-electron chi connectivity index (χ3n) is 1.66. The highest BCUT2D eigenvalue weighted by atomic mass is 16.2. The van der Waals surface area contributed by atoms with Crippen LogP contribution >= 0.6 is 0 Å². The summed E-state index contributed by atoms with van der Waals surface area (Å²) in [4.78, 5) is 22.2. The maximum atomic E-state index is 11.1. The third-order valence-corrected chi connectivity index (χ3v) is 1.66. The molecule has 1 aromatic rings. The SMILES string of the molecule is O=C1CCC(=O)N1n1cnnc1. The van der Waals surface area contributed by atoms with Crippen molar-refractivity contribution in [3.8, 4) is 0 Å². The summed E-state index contributed by atoms with van der Waals surface area (Å²) in [5.41, 5.74) is 0. The van der Waals surface area contributed by atoms with Crippen molar-refractivity contribution in [2.75, 3.05) is 5.01 Å². The van der Waals surface area contributed by atoms with Crippen LogP contribution in [0.1, 0.15) is 12.8 Å². The van der Waals surface area contributed by atoms with E-state index >= 15 is 0 Å². The predicted octanol–water partition coefficient (Wildman–Crippen LogP) is -0.937. The van der Waals surface area contributed by atoms with E-state index in [1.807, 2.05) is 0 Å². The van der Waals surface area contributed by atoms with Crippen LogP contribution < -0.4 is 5.01 Å². The molecule has 0 atom stereocenters. The van der Waals surface area contributed by atoms with Gasteiger partial charge in [0.25, 0.3) is 0 Å². The number of carbonyl (C=O) groups is 2. The zero-order valence-corrected chi connectivity index (χ0v) is 6.17. The Labute approximate surface area is 67.8 Å². The Hall–Kier alpha value is -1.72. The molecule has 0 N–H and O–H groups in total. The van der Waals surface area contributed by atoms with Gasteiger partial charge in [0.15, 0.2) is 0 Å². The van der Waals surface area contributed by atoms with Crippen LogP contribution in [0.15, 0.2) is 12.7 Å². The van der Waals surface area contributed by atoms with Crippen molar-refractivity contribution in [1.82, 2.24) is 14.9 Å². The van der Waals surface area contributed by atoms with Crippen LogP contribution in [0.4, 0.5) is 0 Å². The zero-order valence-electron chi connectivity index (χ0n) is 6.17. The van der Waals surface area contributed by atoms with E-state index in [1.165, 1.54) is 17.3 Å². The Morgan fingerprint density at radius 3 is 2.08 bits per heavy atom. The van der Waals surface area contributed by atoms with Crippen molar-refractivity contribution >= 4 is 11.8 Å². The number of hydrogen-bond donors (Lipinski definition) is 0. The van der Waals surface area contributed by atoms with Crippen LogP contribution in [0.25, 0.3) is 0 Å². The van der Waals surface area contributed by atoms with Gasteiger partial charge in [-0.3, -0.25) is 9.59 Å². The van der Waals surface area contributed by atoms with Gasteiger partial charge in [-0.1, -0.05) is 0 Å². The van der Waals surface area contributed by atoms with E-state index in [-0.39, 0.29) is 24.7 Å². The third kappa shape index (κ3) is 0.884. The molecule has 1 aromatic heterocycles. The molecule has 0 spiro atoms. The summed E-state index contributed by atoms with van der Waals surface area (Å²) in [5.74, 6) is -0.417. The molecule has 0 aliphatic carbocycles. The van der Waals surface area contributed by atoms with Crippen LogP contribution in [-0.4, -0.2) is 26.7 Å². The molecule has 62 valence electrons. The van der Waals surface area contributed by atoms with Crippen LogP contribution in [0, 0.1) is 0 Å². The number of amides is 2. The first-order valence-electron chi connectivity index (χ1n) is 3.50. The highest BCUT2D eigenvalue weighted by molar-refractivity contribution is 6.13. The van der Waals surface area contributed by atoms with E-state index in [0.29, 0.717) is 0 Å². The summed E-state index contributed by atoms with van der Waals surface area (Å²) in [6, 6.07) is 0. The van der Waals surface area contributed by atoms with Crippen LogP contribution in [-0.2, 0) is 9.59 Å². The molecule has 1 aliphatic heterocycles. The van der Waals surface area contributed by atoms with E-state index in [0.717, 1.165) is 5.01 Å². The molecule has 0 saturated carbocycles. The van der Waals surface area contributed by atoms with Crippen LogP contribution in [0.3, 0.4) is 0 Å². The Bertz CT molecular complexity index is 302. The van der Waals surface area contributed by atoms with Gasteiger partial charge >= 0.3 is 0 Å². The summed E-state index contributed by atoms with van der Waals surface area (Å²) in [6.07, 6.45) is 3.19. The van der Waals surface area contributed by atoms with Gasteiger partial charge in [-0.15, -0.1) is 10.2 Å². The topological polar surface area (TPSA) is 68.1 Å². The van der Waals surface area contributed by atoms with E-state index in [1.54, 1.807) is 0 Å². The van der Waals surface area contributed by atoms with E-state index in [9.17, 15) is 9.59 Å². The van der Waals surface area contributed by atoms with E-state index in [2.05, 4.69) is 10.2 Å². The molecular formula is C6H6N4O2. The van der Waals surface area contributed by atoms with Gasteiger partial charge in [0, 0.05) is 12.8 Å². The normalized spacial score (nSPS) is 17.5. The fraction of sp³-hybridized carbons (Fsp3) is 0.333. The van der Waals surface area contributed by atoms with Crippen molar-refractivity contribution in [2.24, 2.45) is 0 Å². The van der Waals surface area contributed by atoms with Crippen molar-refractivity contribution in [2.45, 2.75) is 12.8 Å². The molecule has 6 nitrogen and oxygen atoms in total. The van der Waals surface area contributed by atoms with Crippen LogP contribution in [0.2, 0.25) is 0 Å². The molecule has 6 heteroatoms. The lowest BCUT2D eigenvalue weighted by Crippen LogP contribution is -2.38. The number of carbonyl (C=O) groups excluding carboxylic acids is 2. The second-order valence-electron chi connectivity index (χ2n) is 2.44. The molecule has 0 unspecified atom stereocenters. The molecule has 2 rings (SSSR count). The standard InChI is InChI=1S/C6H6N4O2/c11-5-1-2-6(12)10(5)9-3-7-8-4-9/h3-4H,1-2H2. The molecule has 1 saturated heterocycles. The van der Waals surface area contributed by atoms with Gasteiger partial charge in [-0.25, -0.2) is 4.68 Å². The molecule has 0 aromatic carbocycles. The number of aromatic nitrogens is 3. The average molecular weight is 166 g/mol. The van der Waals surface area contributed by atoms with Gasteiger partial charge in [0.1, 0.15) is 12.7 Å². The van der Waals surface area contributed by atoms with Crippen molar-refractivity contribution < 1.29 is 9.59 Å². The minimum absolute atomic E-state index is 0.209. The fourth-order valence-corrected chi connectivity index (χ4v) is 1.12. The van der Waals surface area contributed by atoms with E-state index in [4.69, 9.17) is 0 Å². The second-order valence-corrected chi connectivity index (χ2v) is 2.44. The molecule has 2 amide bonds. The molecule has 1 fully saturated rings. The van der Waals surface area contributed by atoms with Gasteiger partial charge < -0.3 is 0 Å². The quantitative estimate of drug-likeness (QED) is 0.505. The Balaban J connectivity index is 2.34. The van der Waals surface area contributed by atoms with Gasteiger partial charge in [-0.2, -0.15) is 5.01 Å². The minimum Gasteiger partial charge on any atom is -0.272 e. The summed E-state index contributed by atoms with van der Waals surface area (Å²) >= 11 is 0. The van der Waals surface area contributed by atoms with Crippen molar-refractivity contribution in [3.63, 3.8) is 0 Å². The largest absolute Gasteiger partial charge is 0.272 e. The molecule has 0 bridgehead atoms. The Morgan fingerprint density at radius 2 is 1.58 bits per heavy atom. The maximum Gasteiger partial charge on any atom is 0.249 e. The maximum absolute atomic E-state index is 11.1. The summed E-state index contributed by atoms with van der Waals surface area (Å²) < 4.78 is 1.29. The van der Waals surface area contributed by atoms with Crippen LogP contribution in [0.5, 0.6) is 0 Å². The average Bonchev–Trinajstić information content (AvgIpc) is 2.61. The van der Waals surface area contributed by atoms with Crippen molar-refractivity contribution in [1.29, 1.82) is 0 Å². The second kappa shape index (κ2) is 2.40. The first-order chi connectivity index (χ1) is 5.79. The van der Waals surface area contributed by atoms with Gasteiger partial charge in [0.05, 0.1) is 0 Å². The van der Waals surface area contributed by atoms with Gasteiger partial charge in [-0.05, 0) is 0 Å². The Morgan fingerprint density at radius 1 is 1.08 bits per heavy atom. The van der Waals surface area contributed by atoms with E-state index < -0.39 is 0 Å².